The molecule has 0 amide bonds. The van der Waals surface area contributed by atoms with E-state index in [0.29, 0.717) is 6.04 Å². The summed E-state index contributed by atoms with van der Waals surface area (Å²) in [5, 5.41) is 3.60. The van der Waals surface area contributed by atoms with E-state index in [9.17, 15) is 0 Å². The first-order chi connectivity index (χ1) is 9.19. The Kier molecular flexibility index (Phi) is 5.08. The van der Waals surface area contributed by atoms with Gasteiger partial charge in [0.2, 0.25) is 0 Å². The Labute approximate surface area is 116 Å². The molecule has 0 aromatic heterocycles. The zero-order valence-corrected chi connectivity index (χ0v) is 12.4. The van der Waals surface area contributed by atoms with Gasteiger partial charge in [-0.05, 0) is 57.5 Å². The smallest absolute Gasteiger partial charge is 0.119 e. The van der Waals surface area contributed by atoms with Crippen LogP contribution in [-0.2, 0) is 0 Å². The molecule has 19 heavy (non-hydrogen) atoms. The molecule has 3 heteroatoms. The summed E-state index contributed by atoms with van der Waals surface area (Å²) in [7, 11) is 0. The highest BCUT2D eigenvalue weighted by Crippen LogP contribution is 2.21. The van der Waals surface area contributed by atoms with Crippen molar-refractivity contribution >= 4 is 5.69 Å². The van der Waals surface area contributed by atoms with Crippen molar-refractivity contribution in [2.45, 2.75) is 45.8 Å². The Morgan fingerprint density at radius 3 is 2.68 bits per heavy atom. The summed E-state index contributed by atoms with van der Waals surface area (Å²) >= 11 is 0. The van der Waals surface area contributed by atoms with Crippen molar-refractivity contribution in [3.8, 4) is 5.75 Å². The molecule has 1 atom stereocenters. The lowest BCUT2D eigenvalue weighted by molar-refractivity contribution is 0.242. The third-order valence-electron chi connectivity index (χ3n) is 3.55. The molecule has 1 aliphatic rings. The van der Waals surface area contributed by atoms with Crippen molar-refractivity contribution < 1.29 is 4.74 Å². The van der Waals surface area contributed by atoms with Gasteiger partial charge >= 0.3 is 0 Å². The van der Waals surface area contributed by atoms with Crippen LogP contribution >= 0.6 is 0 Å². The number of ether oxygens (including phenoxy) is 1. The standard InChI is InChI=1S/C16H26N2O/c1-4-14-12-18(11-5-10-17-14)15-6-8-16(9-7-15)19-13(2)3/h6-9,13-14,17H,4-5,10-12H2,1-3H3. The highest BCUT2D eigenvalue weighted by atomic mass is 16.5. The minimum absolute atomic E-state index is 0.234. The molecule has 1 fully saturated rings. The number of hydrogen-bond donors (Lipinski definition) is 1. The Hall–Kier alpha value is -1.22. The van der Waals surface area contributed by atoms with E-state index >= 15 is 0 Å². The second-order valence-corrected chi connectivity index (χ2v) is 5.52. The molecular weight excluding hydrogens is 236 g/mol. The molecule has 3 nitrogen and oxygen atoms in total. The Morgan fingerprint density at radius 2 is 2.05 bits per heavy atom. The average molecular weight is 262 g/mol. The summed E-state index contributed by atoms with van der Waals surface area (Å²) in [5.74, 6) is 0.957. The lowest BCUT2D eigenvalue weighted by Gasteiger charge is -2.26. The van der Waals surface area contributed by atoms with Crippen LogP contribution in [-0.4, -0.2) is 31.8 Å². The summed E-state index contributed by atoms with van der Waals surface area (Å²) in [6.07, 6.45) is 2.63. The molecule has 1 saturated heterocycles. The number of anilines is 1. The number of hydrogen-bond acceptors (Lipinski definition) is 3. The van der Waals surface area contributed by atoms with Crippen LogP contribution in [0, 0.1) is 0 Å². The summed E-state index contributed by atoms with van der Waals surface area (Å²) in [6.45, 7) is 9.72. The van der Waals surface area contributed by atoms with Crippen LogP contribution in [0.25, 0.3) is 0 Å². The maximum atomic E-state index is 5.69. The Bertz CT molecular complexity index is 375. The van der Waals surface area contributed by atoms with Crippen LogP contribution < -0.4 is 15.0 Å². The van der Waals surface area contributed by atoms with Crippen LogP contribution in [0.5, 0.6) is 5.75 Å². The predicted octanol–water partition coefficient (Wildman–Crippen LogP) is 3.05. The van der Waals surface area contributed by atoms with Gasteiger partial charge < -0.3 is 15.0 Å². The van der Waals surface area contributed by atoms with E-state index in [-0.39, 0.29) is 6.10 Å². The molecule has 1 unspecified atom stereocenters. The maximum absolute atomic E-state index is 5.69. The van der Waals surface area contributed by atoms with Gasteiger partial charge in [0.25, 0.3) is 0 Å². The van der Waals surface area contributed by atoms with E-state index in [0.717, 1.165) is 25.4 Å². The van der Waals surface area contributed by atoms with E-state index < -0.39 is 0 Å². The van der Waals surface area contributed by atoms with Crippen molar-refractivity contribution in [3.05, 3.63) is 24.3 Å². The fraction of sp³-hybridized carbons (Fsp3) is 0.625. The van der Waals surface area contributed by atoms with E-state index in [2.05, 4.69) is 55.3 Å². The molecule has 1 N–H and O–H groups in total. The molecule has 106 valence electrons. The van der Waals surface area contributed by atoms with Crippen molar-refractivity contribution in [2.75, 3.05) is 24.5 Å². The van der Waals surface area contributed by atoms with Gasteiger partial charge in [-0.3, -0.25) is 0 Å². The topological polar surface area (TPSA) is 24.5 Å². The first kappa shape index (κ1) is 14.2. The molecular formula is C16H26N2O. The summed E-state index contributed by atoms with van der Waals surface area (Å²) in [6, 6.07) is 9.11. The number of rotatable bonds is 4. The third kappa shape index (κ3) is 4.13. The molecule has 0 spiro atoms. The van der Waals surface area contributed by atoms with Gasteiger partial charge in [-0.1, -0.05) is 6.92 Å². The fourth-order valence-electron chi connectivity index (χ4n) is 2.51. The molecule has 1 aliphatic heterocycles. The van der Waals surface area contributed by atoms with Gasteiger partial charge in [-0.2, -0.15) is 0 Å². The van der Waals surface area contributed by atoms with E-state index in [4.69, 9.17) is 4.74 Å². The SMILES string of the molecule is CCC1CN(c2ccc(OC(C)C)cc2)CCCN1. The first-order valence-electron chi connectivity index (χ1n) is 7.44. The van der Waals surface area contributed by atoms with Crippen LogP contribution in [0.4, 0.5) is 5.69 Å². The second kappa shape index (κ2) is 6.80. The van der Waals surface area contributed by atoms with Gasteiger partial charge in [0, 0.05) is 24.8 Å². The first-order valence-corrected chi connectivity index (χ1v) is 7.44. The van der Waals surface area contributed by atoms with Crippen LogP contribution in [0.15, 0.2) is 24.3 Å². The fourth-order valence-corrected chi connectivity index (χ4v) is 2.51. The molecule has 0 aliphatic carbocycles. The second-order valence-electron chi connectivity index (χ2n) is 5.52. The maximum Gasteiger partial charge on any atom is 0.119 e. The summed E-state index contributed by atoms with van der Waals surface area (Å²) < 4.78 is 5.69. The van der Waals surface area contributed by atoms with Crippen molar-refractivity contribution in [1.82, 2.24) is 5.32 Å². The van der Waals surface area contributed by atoms with Gasteiger partial charge in [0.1, 0.15) is 5.75 Å². The largest absolute Gasteiger partial charge is 0.491 e. The van der Waals surface area contributed by atoms with Gasteiger partial charge in [-0.25, -0.2) is 0 Å². The monoisotopic (exact) mass is 262 g/mol. The van der Waals surface area contributed by atoms with E-state index in [1.165, 1.54) is 18.5 Å². The third-order valence-corrected chi connectivity index (χ3v) is 3.55. The predicted molar refractivity (Wildman–Crippen MR) is 81.1 cm³/mol. The highest BCUT2D eigenvalue weighted by molar-refractivity contribution is 5.49. The van der Waals surface area contributed by atoms with Crippen molar-refractivity contribution in [3.63, 3.8) is 0 Å². The zero-order chi connectivity index (χ0) is 13.7. The average Bonchev–Trinajstić information content (AvgIpc) is 2.64. The quantitative estimate of drug-likeness (QED) is 0.902. The van der Waals surface area contributed by atoms with Gasteiger partial charge in [-0.15, -0.1) is 0 Å². The minimum atomic E-state index is 0.234. The lowest BCUT2D eigenvalue weighted by Crippen LogP contribution is -2.37. The number of nitrogens with zero attached hydrogens (tertiary/aromatic N) is 1. The van der Waals surface area contributed by atoms with Gasteiger partial charge in [0.05, 0.1) is 6.10 Å². The lowest BCUT2D eigenvalue weighted by atomic mass is 10.2. The van der Waals surface area contributed by atoms with Crippen molar-refractivity contribution in [2.24, 2.45) is 0 Å². The molecule has 0 radical (unpaired) electrons. The normalized spacial score (nSPS) is 20.4. The number of benzene rings is 1. The molecule has 1 aromatic carbocycles. The van der Waals surface area contributed by atoms with Crippen LogP contribution in [0.2, 0.25) is 0 Å². The molecule has 1 aromatic rings. The van der Waals surface area contributed by atoms with Crippen molar-refractivity contribution in [1.29, 1.82) is 0 Å². The van der Waals surface area contributed by atoms with E-state index in [1.54, 1.807) is 0 Å². The van der Waals surface area contributed by atoms with Crippen LogP contribution in [0.3, 0.4) is 0 Å². The molecule has 0 saturated carbocycles. The van der Waals surface area contributed by atoms with Crippen LogP contribution in [0.1, 0.15) is 33.6 Å². The van der Waals surface area contributed by atoms with E-state index in [1.807, 2.05) is 0 Å². The summed E-state index contributed by atoms with van der Waals surface area (Å²) in [4.78, 5) is 2.48. The van der Waals surface area contributed by atoms with Gasteiger partial charge in [0.15, 0.2) is 0 Å². The molecule has 0 bridgehead atoms. The Balaban J connectivity index is 2.03. The summed E-state index contributed by atoms with van der Waals surface area (Å²) in [5.41, 5.74) is 1.30. The molecule has 1 heterocycles. The molecule has 2 rings (SSSR count). The zero-order valence-electron chi connectivity index (χ0n) is 12.4. The highest BCUT2D eigenvalue weighted by Gasteiger charge is 2.16. The minimum Gasteiger partial charge on any atom is -0.491 e. The Morgan fingerprint density at radius 1 is 1.32 bits per heavy atom. The number of nitrogens with one attached hydrogen (secondary N) is 1.